The number of hydrogen-bond donors (Lipinski definition) is 0. The van der Waals surface area contributed by atoms with Gasteiger partial charge in [-0.25, -0.2) is 0 Å². The van der Waals surface area contributed by atoms with Crippen LogP contribution in [0.15, 0.2) is 29.3 Å². The fourth-order valence-corrected chi connectivity index (χ4v) is 2.85. The van der Waals surface area contributed by atoms with Gasteiger partial charge in [-0.2, -0.15) is 0 Å². The molecule has 1 rings (SSSR count). The van der Waals surface area contributed by atoms with Gasteiger partial charge in [0.25, 0.3) is 0 Å². The van der Waals surface area contributed by atoms with Crippen molar-refractivity contribution in [1.29, 1.82) is 0 Å². The maximum Gasteiger partial charge on any atom is 0.305 e. The highest BCUT2D eigenvalue weighted by Gasteiger charge is 2.09. The number of rotatable bonds is 11. The molecule has 0 aromatic rings. The lowest BCUT2D eigenvalue weighted by Crippen LogP contribution is -2.09. The standard InChI is InChI=1S/C20H33NO2/c1-23-20(22)17-13-8-6-4-2-3-5-7-9-14-18-21-19-15-11-10-12-16-19/h5,7,9,14,18-19H,2-4,6,8,10-13,15-17H2,1H3/b7-5+,14-9+,21-18?. The Balaban J connectivity index is 1.90. The minimum absolute atomic E-state index is 0.0910. The predicted molar refractivity (Wildman–Crippen MR) is 98.0 cm³/mol. The summed E-state index contributed by atoms with van der Waals surface area (Å²) in [5, 5.41) is 0. The van der Waals surface area contributed by atoms with Gasteiger partial charge in [-0.05, 0) is 38.2 Å². The zero-order valence-electron chi connectivity index (χ0n) is 14.7. The van der Waals surface area contributed by atoms with E-state index < -0.39 is 0 Å². The van der Waals surface area contributed by atoms with Gasteiger partial charge < -0.3 is 4.74 Å². The van der Waals surface area contributed by atoms with Gasteiger partial charge in [0.2, 0.25) is 0 Å². The summed E-state index contributed by atoms with van der Waals surface area (Å²) in [4.78, 5) is 15.5. The second-order valence-electron chi connectivity index (χ2n) is 6.29. The Bertz CT molecular complexity index is 379. The number of carbonyl (C=O) groups is 1. The van der Waals surface area contributed by atoms with Crippen molar-refractivity contribution in [1.82, 2.24) is 0 Å². The minimum Gasteiger partial charge on any atom is -0.469 e. The average molecular weight is 319 g/mol. The Morgan fingerprint density at radius 3 is 2.52 bits per heavy atom. The van der Waals surface area contributed by atoms with E-state index in [1.54, 1.807) is 0 Å². The van der Waals surface area contributed by atoms with Gasteiger partial charge in [0.15, 0.2) is 0 Å². The van der Waals surface area contributed by atoms with E-state index in [1.165, 1.54) is 58.5 Å². The first-order valence-corrected chi connectivity index (χ1v) is 9.24. The molecule has 0 unspecified atom stereocenters. The van der Waals surface area contributed by atoms with E-state index in [-0.39, 0.29) is 5.97 Å². The highest BCUT2D eigenvalue weighted by Crippen LogP contribution is 2.19. The van der Waals surface area contributed by atoms with Crippen LogP contribution in [-0.2, 0) is 9.53 Å². The van der Waals surface area contributed by atoms with Crippen LogP contribution >= 0.6 is 0 Å². The lowest BCUT2D eigenvalue weighted by molar-refractivity contribution is -0.140. The van der Waals surface area contributed by atoms with Crippen molar-refractivity contribution in [2.45, 2.75) is 83.1 Å². The van der Waals surface area contributed by atoms with Crippen LogP contribution in [0.25, 0.3) is 0 Å². The first-order chi connectivity index (χ1) is 11.3. The third-order valence-electron chi connectivity index (χ3n) is 4.30. The molecule has 0 radical (unpaired) electrons. The van der Waals surface area contributed by atoms with Crippen molar-refractivity contribution in [3.63, 3.8) is 0 Å². The quantitative estimate of drug-likeness (QED) is 0.221. The van der Waals surface area contributed by atoms with Crippen LogP contribution in [0.2, 0.25) is 0 Å². The van der Waals surface area contributed by atoms with Crippen LogP contribution in [0, 0.1) is 0 Å². The molecule has 0 amide bonds. The van der Waals surface area contributed by atoms with Crippen LogP contribution in [-0.4, -0.2) is 25.3 Å². The van der Waals surface area contributed by atoms with Gasteiger partial charge in [-0.1, -0.05) is 56.8 Å². The number of ether oxygens (including phenoxy) is 1. The van der Waals surface area contributed by atoms with E-state index in [4.69, 9.17) is 0 Å². The molecule has 130 valence electrons. The van der Waals surface area contributed by atoms with Crippen LogP contribution in [0.4, 0.5) is 0 Å². The van der Waals surface area contributed by atoms with E-state index in [1.807, 2.05) is 12.3 Å². The zero-order chi connectivity index (χ0) is 16.6. The van der Waals surface area contributed by atoms with Gasteiger partial charge in [0.1, 0.15) is 0 Å². The summed E-state index contributed by atoms with van der Waals surface area (Å²) in [5.41, 5.74) is 0. The molecular formula is C20H33NO2. The van der Waals surface area contributed by atoms with Crippen molar-refractivity contribution in [3.8, 4) is 0 Å². The first-order valence-electron chi connectivity index (χ1n) is 9.24. The molecule has 0 bridgehead atoms. The zero-order valence-corrected chi connectivity index (χ0v) is 14.7. The Labute approximate surface area is 141 Å². The number of nitrogens with zero attached hydrogens (tertiary/aromatic N) is 1. The Hall–Kier alpha value is -1.38. The molecular weight excluding hydrogens is 286 g/mol. The third-order valence-corrected chi connectivity index (χ3v) is 4.30. The van der Waals surface area contributed by atoms with Gasteiger partial charge in [0.05, 0.1) is 7.11 Å². The van der Waals surface area contributed by atoms with Crippen molar-refractivity contribution in [2.75, 3.05) is 7.11 Å². The van der Waals surface area contributed by atoms with E-state index in [0.29, 0.717) is 12.5 Å². The summed E-state index contributed by atoms with van der Waals surface area (Å²) >= 11 is 0. The summed E-state index contributed by atoms with van der Waals surface area (Å²) < 4.78 is 4.62. The van der Waals surface area contributed by atoms with Crippen molar-refractivity contribution in [2.24, 2.45) is 4.99 Å². The fraction of sp³-hybridized carbons (Fsp3) is 0.700. The summed E-state index contributed by atoms with van der Waals surface area (Å²) in [6.45, 7) is 0. The van der Waals surface area contributed by atoms with Crippen molar-refractivity contribution >= 4 is 12.2 Å². The van der Waals surface area contributed by atoms with Crippen molar-refractivity contribution < 1.29 is 9.53 Å². The Morgan fingerprint density at radius 2 is 1.74 bits per heavy atom. The summed E-state index contributed by atoms with van der Waals surface area (Å²) in [6.07, 6.45) is 24.4. The average Bonchev–Trinajstić information content (AvgIpc) is 2.59. The monoisotopic (exact) mass is 319 g/mol. The summed E-state index contributed by atoms with van der Waals surface area (Å²) in [7, 11) is 1.45. The minimum atomic E-state index is -0.0910. The molecule has 1 aliphatic rings. The number of carbonyl (C=O) groups excluding carboxylic acids is 1. The fourth-order valence-electron chi connectivity index (χ4n) is 2.85. The maximum atomic E-state index is 10.9. The number of allylic oxidation sites excluding steroid dienone is 4. The highest BCUT2D eigenvalue weighted by molar-refractivity contribution is 5.71. The summed E-state index contributed by atoms with van der Waals surface area (Å²) in [6, 6.07) is 0.566. The largest absolute Gasteiger partial charge is 0.469 e. The molecule has 3 nitrogen and oxygen atoms in total. The number of aliphatic imine (C=N–C) groups is 1. The van der Waals surface area contributed by atoms with Gasteiger partial charge >= 0.3 is 5.97 Å². The summed E-state index contributed by atoms with van der Waals surface area (Å²) in [5.74, 6) is -0.0910. The molecule has 0 spiro atoms. The lowest BCUT2D eigenvalue weighted by Gasteiger charge is -2.16. The molecule has 23 heavy (non-hydrogen) atoms. The molecule has 0 N–H and O–H groups in total. The smallest absolute Gasteiger partial charge is 0.305 e. The maximum absolute atomic E-state index is 10.9. The number of unbranched alkanes of at least 4 members (excludes halogenated alkanes) is 5. The van der Waals surface area contributed by atoms with Crippen molar-refractivity contribution in [3.05, 3.63) is 24.3 Å². The second-order valence-corrected chi connectivity index (χ2v) is 6.29. The van der Waals surface area contributed by atoms with Crippen LogP contribution in [0.5, 0.6) is 0 Å². The number of esters is 1. The molecule has 1 aliphatic carbocycles. The first kappa shape index (κ1) is 19.7. The number of methoxy groups -OCH3 is 1. The third kappa shape index (κ3) is 11.8. The molecule has 3 heteroatoms. The van der Waals surface area contributed by atoms with Gasteiger partial charge in [0, 0.05) is 18.7 Å². The molecule has 0 aliphatic heterocycles. The molecule has 0 heterocycles. The highest BCUT2D eigenvalue weighted by atomic mass is 16.5. The molecule has 0 saturated heterocycles. The van der Waals surface area contributed by atoms with Crippen LogP contribution < -0.4 is 0 Å². The van der Waals surface area contributed by atoms with Crippen LogP contribution in [0.1, 0.15) is 77.0 Å². The predicted octanol–water partition coefficient (Wildman–Crippen LogP) is 5.41. The molecule has 0 atom stereocenters. The van der Waals surface area contributed by atoms with E-state index in [0.717, 1.165) is 19.3 Å². The van der Waals surface area contributed by atoms with Crippen LogP contribution in [0.3, 0.4) is 0 Å². The Morgan fingerprint density at radius 1 is 1.00 bits per heavy atom. The van der Waals surface area contributed by atoms with Gasteiger partial charge in [-0.15, -0.1) is 0 Å². The normalized spacial score (nSPS) is 16.7. The van der Waals surface area contributed by atoms with E-state index >= 15 is 0 Å². The molecule has 1 fully saturated rings. The topological polar surface area (TPSA) is 38.7 Å². The van der Waals surface area contributed by atoms with Gasteiger partial charge in [-0.3, -0.25) is 9.79 Å². The van der Waals surface area contributed by atoms with E-state index in [9.17, 15) is 4.79 Å². The van der Waals surface area contributed by atoms with E-state index in [2.05, 4.69) is 28.0 Å². The lowest BCUT2D eigenvalue weighted by atomic mass is 9.96. The molecule has 1 saturated carbocycles. The molecule has 0 aromatic carbocycles. The molecule has 0 aromatic heterocycles. The second kappa shape index (κ2) is 14.2. The SMILES string of the molecule is COC(=O)CCCCCCC/C=C/C=C/C=NC1CCCCC1. The number of hydrogen-bond acceptors (Lipinski definition) is 3. The Kier molecular flexibility index (Phi) is 12.2.